The Morgan fingerprint density at radius 3 is 2.62 bits per heavy atom. The second-order valence-electron chi connectivity index (χ2n) is 7.28. The average Bonchev–Trinajstić information content (AvgIpc) is 2.79. The van der Waals surface area contributed by atoms with Crippen molar-refractivity contribution in [3.8, 4) is 23.1 Å². The molecule has 2 aromatic carbocycles. The molecule has 1 heterocycles. The molecule has 0 atom stereocenters. The largest absolute Gasteiger partial charge is 0.497 e. The second kappa shape index (κ2) is 10.6. The summed E-state index contributed by atoms with van der Waals surface area (Å²) in [5, 5.41) is 9.15. The zero-order chi connectivity index (χ0) is 23.1. The number of aromatic nitrogens is 1. The van der Waals surface area contributed by atoms with E-state index >= 15 is 0 Å². The lowest BCUT2D eigenvalue weighted by Crippen LogP contribution is -2.28. The number of rotatable bonds is 9. The Kier molecular flexibility index (Phi) is 7.68. The lowest BCUT2D eigenvalue weighted by molar-refractivity contribution is -0.116. The van der Waals surface area contributed by atoms with Gasteiger partial charge in [-0.05, 0) is 61.4 Å². The van der Waals surface area contributed by atoms with E-state index in [4.69, 9.17) is 19.3 Å². The highest BCUT2D eigenvalue weighted by molar-refractivity contribution is 5.92. The normalized spacial score (nSPS) is 10.5. The maximum atomic E-state index is 12.7. The van der Waals surface area contributed by atoms with E-state index in [1.165, 1.54) is 6.92 Å². The zero-order valence-electron chi connectivity index (χ0n) is 18.8. The van der Waals surface area contributed by atoms with E-state index in [0.717, 1.165) is 16.7 Å². The number of ether oxygens (including phenoxy) is 3. The first-order valence-corrected chi connectivity index (χ1v) is 10.3. The summed E-state index contributed by atoms with van der Waals surface area (Å²) in [6, 6.07) is 14.7. The van der Waals surface area contributed by atoms with Gasteiger partial charge >= 0.3 is 0 Å². The van der Waals surface area contributed by atoms with Gasteiger partial charge in [0.25, 0.3) is 0 Å². The Bertz CT molecular complexity index is 1080. The van der Waals surface area contributed by atoms with Crippen LogP contribution in [0.3, 0.4) is 0 Å². The minimum Gasteiger partial charge on any atom is -0.497 e. The molecule has 3 rings (SSSR count). The smallest absolute Gasteiger partial charge is 0.243 e. The van der Waals surface area contributed by atoms with Crippen LogP contribution in [0.5, 0.6) is 23.1 Å². The predicted octanol–water partition coefficient (Wildman–Crippen LogP) is 4.42. The van der Waals surface area contributed by atoms with Crippen molar-refractivity contribution < 1.29 is 24.1 Å². The fourth-order valence-corrected chi connectivity index (χ4v) is 3.24. The SMILES string of the molecule is COc1ccc(OCCO)c(CN(C(C)=O)c2cccnc2Oc2cccc(C)c2C)c1. The van der Waals surface area contributed by atoms with Crippen LogP contribution in [-0.2, 0) is 11.3 Å². The maximum Gasteiger partial charge on any atom is 0.243 e. The van der Waals surface area contributed by atoms with Gasteiger partial charge < -0.3 is 24.2 Å². The van der Waals surface area contributed by atoms with Crippen molar-refractivity contribution in [3.05, 3.63) is 71.4 Å². The molecule has 0 aliphatic rings. The molecule has 3 aromatic rings. The number of aliphatic hydroxyl groups is 1. The molecular formula is C25H28N2O5. The third-order valence-electron chi connectivity index (χ3n) is 5.13. The minimum absolute atomic E-state index is 0.113. The van der Waals surface area contributed by atoms with Gasteiger partial charge in [0, 0.05) is 18.7 Å². The molecule has 1 N–H and O–H groups in total. The number of aryl methyl sites for hydroxylation is 1. The van der Waals surface area contributed by atoms with Crippen LogP contribution in [0.15, 0.2) is 54.7 Å². The summed E-state index contributed by atoms with van der Waals surface area (Å²) in [4.78, 5) is 18.7. The number of hydrogen-bond donors (Lipinski definition) is 1. The van der Waals surface area contributed by atoms with Crippen LogP contribution in [0.1, 0.15) is 23.6 Å². The van der Waals surface area contributed by atoms with Gasteiger partial charge in [-0.25, -0.2) is 4.98 Å². The standard InChI is InChI=1S/C25H28N2O5/c1-17-7-5-9-23(18(17)2)32-25-22(8-6-12-26-25)27(19(3)29)16-20-15-21(30-4)10-11-24(20)31-14-13-28/h5-12,15,28H,13-14,16H2,1-4H3. The van der Waals surface area contributed by atoms with Crippen LogP contribution in [0.25, 0.3) is 0 Å². The molecule has 0 unspecified atom stereocenters. The monoisotopic (exact) mass is 436 g/mol. The second-order valence-corrected chi connectivity index (χ2v) is 7.28. The van der Waals surface area contributed by atoms with Gasteiger partial charge in [-0.3, -0.25) is 4.79 Å². The molecule has 0 aliphatic carbocycles. The number of carbonyl (C=O) groups excluding carboxylic acids is 1. The predicted molar refractivity (Wildman–Crippen MR) is 123 cm³/mol. The lowest BCUT2D eigenvalue weighted by atomic mass is 10.1. The van der Waals surface area contributed by atoms with Crippen LogP contribution in [0, 0.1) is 13.8 Å². The van der Waals surface area contributed by atoms with E-state index in [9.17, 15) is 4.79 Å². The van der Waals surface area contributed by atoms with Crippen LogP contribution in [0.4, 0.5) is 5.69 Å². The molecule has 1 aromatic heterocycles. The summed E-state index contributed by atoms with van der Waals surface area (Å²) >= 11 is 0. The summed E-state index contributed by atoms with van der Waals surface area (Å²) in [6.45, 7) is 5.73. The van der Waals surface area contributed by atoms with Crippen molar-refractivity contribution in [2.24, 2.45) is 0 Å². The quantitative estimate of drug-likeness (QED) is 0.535. The molecular weight excluding hydrogens is 408 g/mol. The van der Waals surface area contributed by atoms with E-state index in [1.54, 1.807) is 42.5 Å². The molecule has 7 heteroatoms. The topological polar surface area (TPSA) is 81.1 Å². The van der Waals surface area contributed by atoms with Crippen molar-refractivity contribution in [2.75, 3.05) is 25.2 Å². The summed E-state index contributed by atoms with van der Waals surface area (Å²) in [6.07, 6.45) is 1.63. The highest BCUT2D eigenvalue weighted by atomic mass is 16.5. The third kappa shape index (κ3) is 5.36. The number of anilines is 1. The molecule has 0 spiro atoms. The summed E-state index contributed by atoms with van der Waals surface area (Å²) < 4.78 is 17.1. The number of pyridine rings is 1. The van der Waals surface area contributed by atoms with Crippen LogP contribution >= 0.6 is 0 Å². The van der Waals surface area contributed by atoms with Gasteiger partial charge in [0.1, 0.15) is 29.5 Å². The number of nitrogens with zero attached hydrogens (tertiary/aromatic N) is 2. The molecule has 0 saturated heterocycles. The molecule has 7 nitrogen and oxygen atoms in total. The first kappa shape index (κ1) is 23.1. The number of aliphatic hydroxyl groups excluding tert-OH is 1. The minimum atomic E-state index is -0.181. The van der Waals surface area contributed by atoms with E-state index in [0.29, 0.717) is 28.8 Å². The number of hydrogen-bond acceptors (Lipinski definition) is 6. The van der Waals surface area contributed by atoms with E-state index in [2.05, 4.69) is 4.98 Å². The van der Waals surface area contributed by atoms with E-state index in [-0.39, 0.29) is 25.7 Å². The van der Waals surface area contributed by atoms with Crippen molar-refractivity contribution >= 4 is 11.6 Å². The fourth-order valence-electron chi connectivity index (χ4n) is 3.24. The molecule has 0 aliphatic heterocycles. The number of benzene rings is 2. The third-order valence-corrected chi connectivity index (χ3v) is 5.13. The van der Waals surface area contributed by atoms with Crippen molar-refractivity contribution in [3.63, 3.8) is 0 Å². The first-order valence-electron chi connectivity index (χ1n) is 10.3. The lowest BCUT2D eigenvalue weighted by Gasteiger charge is -2.24. The van der Waals surface area contributed by atoms with Crippen molar-refractivity contribution in [1.29, 1.82) is 0 Å². The Balaban J connectivity index is 1.99. The van der Waals surface area contributed by atoms with Crippen LogP contribution in [-0.4, -0.2) is 36.3 Å². The highest BCUT2D eigenvalue weighted by Gasteiger charge is 2.21. The summed E-state index contributed by atoms with van der Waals surface area (Å²) in [7, 11) is 1.58. The summed E-state index contributed by atoms with van der Waals surface area (Å²) in [5.41, 5.74) is 3.38. The Hall–Kier alpha value is -3.58. The molecule has 0 fully saturated rings. The van der Waals surface area contributed by atoms with Crippen molar-refractivity contribution in [2.45, 2.75) is 27.3 Å². The molecule has 0 bridgehead atoms. The highest BCUT2D eigenvalue weighted by Crippen LogP contribution is 2.35. The van der Waals surface area contributed by atoms with Gasteiger partial charge in [0.2, 0.25) is 11.8 Å². The molecule has 168 valence electrons. The van der Waals surface area contributed by atoms with Gasteiger partial charge in [-0.15, -0.1) is 0 Å². The Morgan fingerprint density at radius 2 is 1.91 bits per heavy atom. The molecule has 32 heavy (non-hydrogen) atoms. The van der Waals surface area contributed by atoms with Gasteiger partial charge in [-0.1, -0.05) is 12.1 Å². The van der Waals surface area contributed by atoms with E-state index in [1.807, 2.05) is 38.1 Å². The molecule has 0 radical (unpaired) electrons. The van der Waals surface area contributed by atoms with Crippen LogP contribution in [0.2, 0.25) is 0 Å². The van der Waals surface area contributed by atoms with Crippen molar-refractivity contribution in [1.82, 2.24) is 4.98 Å². The Labute approximate surface area is 188 Å². The zero-order valence-corrected chi connectivity index (χ0v) is 18.8. The number of amides is 1. The summed E-state index contributed by atoms with van der Waals surface area (Å²) in [5.74, 6) is 2.03. The maximum absolute atomic E-state index is 12.7. The Morgan fingerprint density at radius 1 is 1.09 bits per heavy atom. The fraction of sp³-hybridized carbons (Fsp3) is 0.280. The first-order chi connectivity index (χ1) is 15.4. The van der Waals surface area contributed by atoms with E-state index < -0.39 is 0 Å². The molecule has 1 amide bonds. The van der Waals surface area contributed by atoms with Crippen LogP contribution < -0.4 is 19.1 Å². The molecule has 0 saturated carbocycles. The van der Waals surface area contributed by atoms with Gasteiger partial charge in [0.15, 0.2) is 0 Å². The van der Waals surface area contributed by atoms with Gasteiger partial charge in [-0.2, -0.15) is 0 Å². The number of carbonyl (C=O) groups is 1. The average molecular weight is 437 g/mol. The number of methoxy groups -OCH3 is 1. The van der Waals surface area contributed by atoms with Gasteiger partial charge in [0.05, 0.1) is 20.3 Å².